The van der Waals surface area contributed by atoms with E-state index in [1.165, 1.54) is 6.07 Å². The number of nitrogens with zero attached hydrogens (tertiary/aromatic N) is 1. The molecule has 1 aliphatic rings. The second-order valence-electron chi connectivity index (χ2n) is 4.79. The second kappa shape index (κ2) is 5.40. The maximum absolute atomic E-state index is 13.1. The molecule has 0 spiro atoms. The Bertz CT molecular complexity index is 703. The van der Waals surface area contributed by atoms with E-state index in [-0.39, 0.29) is 11.4 Å². The van der Waals surface area contributed by atoms with E-state index in [2.05, 4.69) is 5.32 Å². The Labute approximate surface area is 120 Å². The molecule has 0 aliphatic carbocycles. The molecule has 0 saturated carbocycles. The van der Waals surface area contributed by atoms with E-state index >= 15 is 0 Å². The highest BCUT2D eigenvalue weighted by Crippen LogP contribution is 2.38. The van der Waals surface area contributed by atoms with Gasteiger partial charge in [-0.05, 0) is 36.6 Å². The molecule has 2 aromatic carbocycles. The summed E-state index contributed by atoms with van der Waals surface area (Å²) in [6.07, 6.45) is 1.97. The number of nitro benzene ring substituents is 1. The van der Waals surface area contributed by atoms with Crippen molar-refractivity contribution in [3.8, 4) is 11.5 Å². The first-order valence-corrected chi connectivity index (χ1v) is 6.63. The van der Waals surface area contributed by atoms with Gasteiger partial charge in [0.05, 0.1) is 16.7 Å². The normalized spacial score (nSPS) is 13.2. The first-order valence-electron chi connectivity index (χ1n) is 6.63. The highest BCUT2D eigenvalue weighted by molar-refractivity contribution is 5.65. The van der Waals surface area contributed by atoms with Crippen molar-refractivity contribution in [3.05, 3.63) is 57.9 Å². The molecular formula is C15H13FN2O3. The van der Waals surface area contributed by atoms with Gasteiger partial charge in [-0.2, -0.15) is 0 Å². The molecule has 1 heterocycles. The van der Waals surface area contributed by atoms with E-state index in [1.807, 2.05) is 12.1 Å². The van der Waals surface area contributed by atoms with Crippen LogP contribution in [-0.2, 0) is 6.42 Å². The third-order valence-corrected chi connectivity index (χ3v) is 3.37. The van der Waals surface area contributed by atoms with Crippen LogP contribution < -0.4 is 10.1 Å². The van der Waals surface area contributed by atoms with Gasteiger partial charge in [0.15, 0.2) is 5.75 Å². The van der Waals surface area contributed by atoms with Gasteiger partial charge in [0.2, 0.25) is 5.75 Å². The average Bonchev–Trinajstić information content (AvgIpc) is 2.49. The fourth-order valence-electron chi connectivity index (χ4n) is 2.40. The summed E-state index contributed by atoms with van der Waals surface area (Å²) in [4.78, 5) is 10.3. The summed E-state index contributed by atoms with van der Waals surface area (Å²) in [5.74, 6) is -0.119. The Kier molecular flexibility index (Phi) is 3.43. The molecule has 3 rings (SSSR count). The molecule has 6 heteroatoms. The first kappa shape index (κ1) is 13.4. The summed E-state index contributed by atoms with van der Waals surface area (Å²) in [5.41, 5.74) is 1.58. The summed E-state index contributed by atoms with van der Waals surface area (Å²) in [5, 5.41) is 14.2. The Morgan fingerprint density at radius 1 is 1.24 bits per heavy atom. The Morgan fingerprint density at radius 2 is 2.10 bits per heavy atom. The van der Waals surface area contributed by atoms with Crippen LogP contribution in [0.1, 0.15) is 12.0 Å². The van der Waals surface area contributed by atoms with Crippen molar-refractivity contribution in [1.82, 2.24) is 0 Å². The number of halogens is 1. The minimum Gasteiger partial charge on any atom is -0.448 e. The van der Waals surface area contributed by atoms with Crippen LogP contribution in [0.2, 0.25) is 0 Å². The smallest absolute Gasteiger partial charge is 0.314 e. The number of anilines is 1. The standard InChI is InChI=1S/C15H13FN2O3/c16-11-6-7-13(12(9-11)18(19)20)21-14-5-1-3-10-4-2-8-17-15(10)14/h1,3,5-7,9,17H,2,4,8H2. The summed E-state index contributed by atoms with van der Waals surface area (Å²) in [6.45, 7) is 0.832. The number of nitrogens with one attached hydrogen (secondary N) is 1. The Morgan fingerprint density at radius 3 is 2.90 bits per heavy atom. The number of hydrogen-bond donors (Lipinski definition) is 1. The molecule has 1 N–H and O–H groups in total. The lowest BCUT2D eigenvalue weighted by molar-refractivity contribution is -0.385. The summed E-state index contributed by atoms with van der Waals surface area (Å²) < 4.78 is 18.8. The molecule has 1 aliphatic heterocycles. The van der Waals surface area contributed by atoms with E-state index in [0.29, 0.717) is 5.75 Å². The van der Waals surface area contributed by atoms with Crippen molar-refractivity contribution in [2.24, 2.45) is 0 Å². The summed E-state index contributed by atoms with van der Waals surface area (Å²) in [7, 11) is 0. The van der Waals surface area contributed by atoms with E-state index in [9.17, 15) is 14.5 Å². The van der Waals surface area contributed by atoms with Gasteiger partial charge in [0, 0.05) is 6.54 Å². The van der Waals surface area contributed by atoms with Gasteiger partial charge in [-0.15, -0.1) is 0 Å². The minimum absolute atomic E-state index is 0.0298. The molecule has 0 atom stereocenters. The number of ether oxygens (including phenoxy) is 1. The second-order valence-corrected chi connectivity index (χ2v) is 4.79. The zero-order valence-electron chi connectivity index (χ0n) is 11.1. The molecule has 21 heavy (non-hydrogen) atoms. The van der Waals surface area contributed by atoms with Gasteiger partial charge in [0.1, 0.15) is 5.82 Å². The molecule has 0 unspecified atom stereocenters. The number of para-hydroxylation sites is 1. The van der Waals surface area contributed by atoms with Crippen LogP contribution >= 0.6 is 0 Å². The highest BCUT2D eigenvalue weighted by Gasteiger charge is 2.20. The van der Waals surface area contributed by atoms with E-state index in [1.54, 1.807) is 6.07 Å². The fraction of sp³-hybridized carbons (Fsp3) is 0.200. The molecule has 5 nitrogen and oxygen atoms in total. The Balaban J connectivity index is 2.00. The number of hydrogen-bond acceptors (Lipinski definition) is 4. The van der Waals surface area contributed by atoms with Crippen LogP contribution in [0.3, 0.4) is 0 Å². The van der Waals surface area contributed by atoms with Gasteiger partial charge in [-0.3, -0.25) is 10.1 Å². The van der Waals surface area contributed by atoms with Crippen molar-refractivity contribution in [1.29, 1.82) is 0 Å². The molecule has 0 bridgehead atoms. The van der Waals surface area contributed by atoms with Gasteiger partial charge in [-0.25, -0.2) is 4.39 Å². The summed E-state index contributed by atoms with van der Waals surface area (Å²) >= 11 is 0. The minimum atomic E-state index is -0.665. The quantitative estimate of drug-likeness (QED) is 0.687. The lowest BCUT2D eigenvalue weighted by Gasteiger charge is -2.20. The molecule has 108 valence electrons. The van der Waals surface area contributed by atoms with E-state index in [0.717, 1.165) is 42.8 Å². The molecule has 0 aromatic heterocycles. The van der Waals surface area contributed by atoms with Gasteiger partial charge < -0.3 is 10.1 Å². The maximum Gasteiger partial charge on any atom is 0.314 e. The fourth-order valence-corrected chi connectivity index (χ4v) is 2.40. The molecule has 0 saturated heterocycles. The van der Waals surface area contributed by atoms with Crippen molar-refractivity contribution < 1.29 is 14.1 Å². The molecule has 2 aromatic rings. The Hall–Kier alpha value is -2.63. The van der Waals surface area contributed by atoms with Crippen molar-refractivity contribution in [2.75, 3.05) is 11.9 Å². The average molecular weight is 288 g/mol. The monoisotopic (exact) mass is 288 g/mol. The molecule has 0 amide bonds. The number of nitro groups is 1. The number of rotatable bonds is 3. The predicted molar refractivity (Wildman–Crippen MR) is 76.4 cm³/mol. The lowest BCUT2D eigenvalue weighted by atomic mass is 10.0. The largest absolute Gasteiger partial charge is 0.448 e. The number of benzene rings is 2. The van der Waals surface area contributed by atoms with Crippen LogP contribution in [0, 0.1) is 15.9 Å². The zero-order valence-corrected chi connectivity index (χ0v) is 11.1. The van der Waals surface area contributed by atoms with E-state index < -0.39 is 10.7 Å². The van der Waals surface area contributed by atoms with Crippen molar-refractivity contribution >= 4 is 11.4 Å². The van der Waals surface area contributed by atoms with Crippen LogP contribution in [0.15, 0.2) is 36.4 Å². The topological polar surface area (TPSA) is 64.4 Å². The van der Waals surface area contributed by atoms with Crippen LogP contribution in [0.5, 0.6) is 11.5 Å². The van der Waals surface area contributed by atoms with Gasteiger partial charge in [-0.1, -0.05) is 12.1 Å². The third kappa shape index (κ3) is 2.65. The third-order valence-electron chi connectivity index (χ3n) is 3.37. The van der Waals surface area contributed by atoms with E-state index in [4.69, 9.17) is 4.74 Å². The van der Waals surface area contributed by atoms with Crippen LogP contribution in [-0.4, -0.2) is 11.5 Å². The predicted octanol–water partition coefficient (Wildman–Crippen LogP) is 3.88. The van der Waals surface area contributed by atoms with Crippen LogP contribution in [0.4, 0.5) is 15.8 Å². The summed E-state index contributed by atoms with van der Waals surface area (Å²) in [6, 6.07) is 8.85. The van der Waals surface area contributed by atoms with Crippen molar-refractivity contribution in [3.63, 3.8) is 0 Å². The van der Waals surface area contributed by atoms with Gasteiger partial charge >= 0.3 is 5.69 Å². The molecule has 0 radical (unpaired) electrons. The highest BCUT2D eigenvalue weighted by atomic mass is 19.1. The maximum atomic E-state index is 13.1. The molecule has 0 fully saturated rings. The van der Waals surface area contributed by atoms with Crippen molar-refractivity contribution in [2.45, 2.75) is 12.8 Å². The SMILES string of the molecule is O=[N+]([O-])c1cc(F)ccc1Oc1cccc2c1NCCC2. The number of aryl methyl sites for hydroxylation is 1. The molecular weight excluding hydrogens is 275 g/mol. The number of fused-ring (bicyclic) bond motifs is 1. The first-order chi connectivity index (χ1) is 10.1. The van der Waals surface area contributed by atoms with Crippen LogP contribution in [0.25, 0.3) is 0 Å². The zero-order chi connectivity index (χ0) is 14.8. The van der Waals surface area contributed by atoms with Gasteiger partial charge in [0.25, 0.3) is 0 Å². The lowest BCUT2D eigenvalue weighted by Crippen LogP contribution is -2.12.